The molecule has 2 aromatic rings. The number of benzene rings is 2. The summed E-state index contributed by atoms with van der Waals surface area (Å²) in [7, 11) is 2.75. The molecule has 16 heteroatoms. The number of ether oxygens (including phenoxy) is 3. The van der Waals surface area contributed by atoms with Crippen molar-refractivity contribution >= 4 is 81.4 Å². The Morgan fingerprint density at radius 1 is 0.946 bits per heavy atom. The molecular formula is C21H23BBrF5I2O6U. The fourth-order valence-corrected chi connectivity index (χ4v) is 2.40. The van der Waals surface area contributed by atoms with Gasteiger partial charge in [-0.25, -0.2) is 9.59 Å². The van der Waals surface area contributed by atoms with Crippen LogP contribution in [0.1, 0.15) is 15.2 Å². The third-order valence-corrected chi connectivity index (χ3v) is 4.67. The number of rotatable bonds is 6. The molecule has 0 bridgehead atoms. The van der Waals surface area contributed by atoms with Gasteiger partial charge in [0.1, 0.15) is 11.5 Å². The van der Waals surface area contributed by atoms with Gasteiger partial charge in [0.05, 0.1) is 21.7 Å². The number of halogens is 8. The Hall–Kier alpha value is -0.313. The van der Waals surface area contributed by atoms with Gasteiger partial charge in [0, 0.05) is 62.6 Å². The number of hydrogen-bond donors (Lipinski definition) is 1. The standard InChI is InChI=1S/C10H9F2IO3.C6H5IO.C4H5BrF2O2.CH3F.BH.U/c1-2-15-9(14)10(11,12)16-8-5-3-7(13)4-6-8;7-5-1-3-6(8)4-2-5;1-2-9-3(8)4(5,6)7;1-2;;/h3-6H,2H2,1H3;1-4,8H;2H2,1H3;1H3;1H;/i;;;2*1D;. The summed E-state index contributed by atoms with van der Waals surface area (Å²) in [5.41, 5.74) is 0. The predicted octanol–water partition coefficient (Wildman–Crippen LogP) is 6.30. The van der Waals surface area contributed by atoms with Crippen LogP contribution in [0.3, 0.4) is 0 Å². The Kier molecular flexibility index (Phi) is 24.7. The molecule has 0 spiro atoms. The molecule has 2 rings (SSSR count). The normalized spacial score (nSPS) is 10.1. The molecule has 2 radical (unpaired) electrons. The maximum absolute atomic E-state index is 13.1. The first-order valence-corrected chi connectivity index (χ1v) is 12.1. The second-order valence-electron chi connectivity index (χ2n) is 5.49. The summed E-state index contributed by atoms with van der Waals surface area (Å²) < 4.78 is 84.9. The van der Waals surface area contributed by atoms with Crippen molar-refractivity contribution in [1.82, 2.24) is 0 Å². The van der Waals surface area contributed by atoms with E-state index in [0.29, 0.717) is 5.75 Å². The number of esters is 2. The average molecular weight is 1050 g/mol. The van der Waals surface area contributed by atoms with E-state index in [9.17, 15) is 31.5 Å². The van der Waals surface area contributed by atoms with E-state index >= 15 is 0 Å². The zero-order valence-electron chi connectivity index (χ0n) is 21.3. The summed E-state index contributed by atoms with van der Waals surface area (Å²) in [6.07, 6.45) is -3.96. The minimum Gasteiger partial charge on any atom is -0.508 e. The molecule has 0 fully saturated rings. The van der Waals surface area contributed by atoms with Crippen LogP contribution in [-0.4, -0.2) is 58.1 Å². The van der Waals surface area contributed by atoms with Crippen LogP contribution >= 0.6 is 61.1 Å². The van der Waals surface area contributed by atoms with Crippen LogP contribution in [0.15, 0.2) is 48.5 Å². The molecule has 0 aliphatic carbocycles. The fraction of sp³-hybridized carbons (Fsp3) is 0.333. The van der Waals surface area contributed by atoms with Crippen LogP contribution in [0.25, 0.3) is 0 Å². The van der Waals surface area contributed by atoms with Gasteiger partial charge >= 0.3 is 22.9 Å². The van der Waals surface area contributed by atoms with E-state index in [1.54, 1.807) is 24.3 Å². The molecule has 37 heavy (non-hydrogen) atoms. The van der Waals surface area contributed by atoms with Gasteiger partial charge in [0.25, 0.3) is 0 Å². The first-order chi connectivity index (χ1) is 17.6. The third kappa shape index (κ3) is 22.2. The molecule has 2 aromatic carbocycles. The van der Waals surface area contributed by atoms with E-state index in [1.807, 2.05) is 50.7 Å². The van der Waals surface area contributed by atoms with E-state index in [4.69, 9.17) is 7.81 Å². The van der Waals surface area contributed by atoms with Crippen molar-refractivity contribution in [1.29, 1.82) is 1.34 Å². The van der Waals surface area contributed by atoms with Crippen molar-refractivity contribution in [3.05, 3.63) is 55.7 Å². The smallest absolute Gasteiger partial charge is 0.502 e. The SMILES string of the molecule is CCOC(=O)C(F)(F)Br.CCOC(=O)C(F)(F)Oc1ccc(I)cc1.Oc1ccc(I)cc1.[2H]CF.[2H][B].[U]. The van der Waals surface area contributed by atoms with E-state index in [2.05, 4.69) is 45.2 Å². The minimum atomic E-state index is -3.96. The predicted molar refractivity (Wildman–Crippen MR) is 147 cm³/mol. The topological polar surface area (TPSA) is 82.1 Å². The van der Waals surface area contributed by atoms with Crippen LogP contribution in [0, 0.1) is 38.3 Å². The van der Waals surface area contributed by atoms with Gasteiger partial charge in [-0.3, -0.25) is 4.39 Å². The molecule has 206 valence electrons. The Balaban J connectivity index is -0.000000228. The summed E-state index contributed by atoms with van der Waals surface area (Å²) in [5.74, 6) is -3.00. The van der Waals surface area contributed by atoms with Crippen molar-refractivity contribution in [2.45, 2.75) is 24.8 Å². The van der Waals surface area contributed by atoms with Crippen molar-refractivity contribution in [3.63, 3.8) is 0 Å². The zero-order valence-corrected chi connectivity index (χ0v) is 29.4. The van der Waals surface area contributed by atoms with E-state index in [-0.39, 0.29) is 50.1 Å². The summed E-state index contributed by atoms with van der Waals surface area (Å²) in [5, 5.41) is 8.75. The first kappa shape index (κ1) is 38.8. The Morgan fingerprint density at radius 3 is 1.59 bits per heavy atom. The second-order valence-corrected chi connectivity index (χ2v) is 8.98. The molecule has 0 unspecified atom stereocenters. The van der Waals surface area contributed by atoms with Crippen LogP contribution in [-0.2, 0) is 19.1 Å². The molecular weight excluding hydrogens is 1030 g/mol. The fourth-order valence-electron chi connectivity index (χ4n) is 1.56. The number of carbonyl (C=O) groups excluding carboxylic acids is 2. The number of alkyl halides is 6. The minimum absolute atomic E-state index is 0. The number of hydrogen-bond acceptors (Lipinski definition) is 6. The molecule has 0 saturated heterocycles. The largest absolute Gasteiger partial charge is 0.508 e. The molecule has 0 saturated carbocycles. The van der Waals surface area contributed by atoms with Crippen LogP contribution in [0.5, 0.6) is 11.5 Å². The van der Waals surface area contributed by atoms with Gasteiger partial charge in [-0.2, -0.15) is 17.6 Å². The zero-order chi connectivity index (χ0) is 30.4. The van der Waals surface area contributed by atoms with Crippen LogP contribution in [0.2, 0.25) is 0 Å². The van der Waals surface area contributed by atoms with E-state index < -0.39 is 30.0 Å². The number of aromatic hydroxyl groups is 1. The van der Waals surface area contributed by atoms with E-state index in [1.165, 1.54) is 26.0 Å². The molecule has 0 aliphatic rings. The Labute approximate surface area is 275 Å². The van der Waals surface area contributed by atoms with Gasteiger partial charge in [-0.15, -0.1) is 0 Å². The van der Waals surface area contributed by atoms with Gasteiger partial charge in [-0.05, 0) is 109 Å². The first-order valence-electron chi connectivity index (χ1n) is 10.5. The summed E-state index contributed by atoms with van der Waals surface area (Å²) >= 11 is 6.05. The monoisotopic (exact) mass is 1050 g/mol. The van der Waals surface area contributed by atoms with Crippen molar-refractivity contribution in [2.24, 2.45) is 0 Å². The van der Waals surface area contributed by atoms with Crippen molar-refractivity contribution in [2.75, 3.05) is 20.4 Å². The van der Waals surface area contributed by atoms with Gasteiger partial charge in [0.2, 0.25) is 0 Å². The van der Waals surface area contributed by atoms with Gasteiger partial charge in [-0.1, -0.05) is 0 Å². The van der Waals surface area contributed by atoms with Crippen molar-refractivity contribution in [3.8, 4) is 11.5 Å². The summed E-state index contributed by atoms with van der Waals surface area (Å²) in [6, 6.07) is 13.0. The molecule has 0 aromatic heterocycles. The number of phenolic OH excluding ortho intramolecular Hbond substituents is 1. The van der Waals surface area contributed by atoms with Gasteiger partial charge in [0.15, 0.2) is 0 Å². The molecule has 0 amide bonds. The maximum atomic E-state index is 13.1. The van der Waals surface area contributed by atoms with Crippen LogP contribution in [0.4, 0.5) is 22.0 Å². The Bertz CT molecular complexity index is 885. The molecule has 0 atom stereocenters. The molecule has 6 nitrogen and oxygen atoms in total. The molecule has 0 aliphatic heterocycles. The van der Waals surface area contributed by atoms with E-state index in [0.717, 1.165) is 7.14 Å². The van der Waals surface area contributed by atoms with Gasteiger partial charge < -0.3 is 19.3 Å². The second kappa shape index (κ2) is 23.6. The third-order valence-electron chi connectivity index (χ3n) is 2.91. The van der Waals surface area contributed by atoms with Crippen molar-refractivity contribution < 1.29 is 83.3 Å². The average Bonchev–Trinajstić information content (AvgIpc) is 2.85. The molecule has 1 N–H and O–H groups in total. The number of phenols is 1. The quantitative estimate of drug-likeness (QED) is 0.121. The molecule has 0 heterocycles. The summed E-state index contributed by atoms with van der Waals surface area (Å²) in [4.78, 5) is 17.3. The summed E-state index contributed by atoms with van der Waals surface area (Å²) in [6.45, 7) is 2.74. The Morgan fingerprint density at radius 2 is 1.30 bits per heavy atom. The number of carbonyl (C=O) groups is 2. The van der Waals surface area contributed by atoms with Crippen LogP contribution < -0.4 is 4.74 Å². The maximum Gasteiger partial charge on any atom is 0.502 e.